The molecule has 8 rings (SSSR count). The largest absolute Gasteiger partial charge is 0.310 e. The van der Waals surface area contributed by atoms with Crippen LogP contribution in [0.5, 0.6) is 0 Å². The Labute approximate surface area is 282 Å². The molecule has 0 bridgehead atoms. The second-order valence-corrected chi connectivity index (χ2v) is 15.0. The molecule has 2 N–H and O–H groups in total. The lowest BCUT2D eigenvalue weighted by Crippen LogP contribution is -2.36. The van der Waals surface area contributed by atoms with Gasteiger partial charge in [0.25, 0.3) is 0 Å². The quantitative estimate of drug-likeness (QED) is 0.228. The highest BCUT2D eigenvalue weighted by Gasteiger charge is 2.28. The van der Waals surface area contributed by atoms with Crippen molar-refractivity contribution in [3.8, 4) is 0 Å². The lowest BCUT2D eigenvalue weighted by atomic mass is 9.75. The molecule has 0 radical (unpaired) electrons. The molecule has 1 aliphatic heterocycles. The van der Waals surface area contributed by atoms with E-state index in [1.807, 2.05) is 0 Å². The van der Waals surface area contributed by atoms with Crippen LogP contribution in [0, 0.1) is 23.7 Å². The predicted octanol–water partition coefficient (Wildman–Crippen LogP) is 8.54. The van der Waals surface area contributed by atoms with Gasteiger partial charge in [-0.3, -0.25) is 0 Å². The first-order chi connectivity index (χ1) is 23.2. The van der Waals surface area contributed by atoms with Crippen LogP contribution in [0.25, 0.3) is 11.1 Å². The number of benzene rings is 2. The number of rotatable bonds is 8. The third kappa shape index (κ3) is 6.65. The molecule has 1 heterocycles. The van der Waals surface area contributed by atoms with E-state index in [2.05, 4.69) is 121 Å². The molecule has 47 heavy (non-hydrogen) atoms. The lowest BCUT2D eigenvalue weighted by molar-refractivity contribution is 0.350. The van der Waals surface area contributed by atoms with Crippen LogP contribution in [0.2, 0.25) is 0 Å². The van der Waals surface area contributed by atoms with E-state index >= 15 is 0 Å². The summed E-state index contributed by atoms with van der Waals surface area (Å²) in [4.78, 5) is 0. The standard InChI is InChI=1S/C45H52N2/c1-31(41-23-24-42(44-16-7-6-15-43(41)44)37-13-8-14-38(28-37)45-25-26-46-45)17-18-39(36-20-19-32-9-2-4-11-34(32)27-36)30-47-40-22-21-33-10-3-5-12-35(33)29-40/h4-8,11-18,21-22,27-28,32-33,35-36,40,45-47H,2-3,9-10,19-20,23-26,29-30H2,1H3/b31-17+,39-18+. The second-order valence-electron chi connectivity index (χ2n) is 15.0. The maximum atomic E-state index is 4.01. The topological polar surface area (TPSA) is 24.1 Å². The van der Waals surface area contributed by atoms with Crippen LogP contribution in [-0.4, -0.2) is 19.1 Å². The van der Waals surface area contributed by atoms with Crippen molar-refractivity contribution in [2.24, 2.45) is 23.7 Å². The zero-order chi connectivity index (χ0) is 31.6. The maximum Gasteiger partial charge on any atom is 0.0332 e. The second kappa shape index (κ2) is 14.0. The summed E-state index contributed by atoms with van der Waals surface area (Å²) in [5.74, 6) is 2.72. The monoisotopic (exact) mass is 620 g/mol. The van der Waals surface area contributed by atoms with Crippen LogP contribution in [0.3, 0.4) is 0 Å². The van der Waals surface area contributed by atoms with E-state index in [9.17, 15) is 0 Å². The molecule has 1 fully saturated rings. The van der Waals surface area contributed by atoms with Gasteiger partial charge in [0.1, 0.15) is 0 Å². The summed E-state index contributed by atoms with van der Waals surface area (Å²) in [5.41, 5.74) is 10.4. The minimum absolute atomic E-state index is 0.457. The smallest absolute Gasteiger partial charge is 0.0332 e. The minimum atomic E-state index is 0.457. The Bertz CT molecular complexity index is 1790. The first-order valence-electron chi connectivity index (χ1n) is 18.7. The third-order valence-electron chi connectivity index (χ3n) is 12.1. The molecule has 5 aliphatic carbocycles. The van der Waals surface area contributed by atoms with Gasteiger partial charge in [0.15, 0.2) is 0 Å². The van der Waals surface area contributed by atoms with Crippen LogP contribution in [0.4, 0.5) is 0 Å². The van der Waals surface area contributed by atoms with Gasteiger partial charge in [-0.15, -0.1) is 0 Å². The Morgan fingerprint density at radius 2 is 1.74 bits per heavy atom. The zero-order valence-electron chi connectivity index (χ0n) is 28.3. The van der Waals surface area contributed by atoms with Gasteiger partial charge in [-0.05, 0) is 157 Å². The van der Waals surface area contributed by atoms with Crippen LogP contribution in [0.1, 0.15) is 88.3 Å². The minimum Gasteiger partial charge on any atom is -0.310 e. The van der Waals surface area contributed by atoms with E-state index in [1.165, 1.54) is 89.7 Å². The van der Waals surface area contributed by atoms with Crippen LogP contribution in [0.15, 0.2) is 120 Å². The molecule has 242 valence electrons. The predicted molar refractivity (Wildman–Crippen MR) is 198 cm³/mol. The molecule has 2 aromatic carbocycles. The van der Waals surface area contributed by atoms with E-state index in [0.29, 0.717) is 23.9 Å². The first-order valence-corrected chi connectivity index (χ1v) is 18.7. The SMILES string of the molecule is C/C(=C\C=C(/CNC1C=CC2CCC=CC2C1)C1C=C2C=CCCC2CC1)C1=c2ccccc2=C(c2cccc(C3CCN3)c2)CC1. The number of hydrogen-bond acceptors (Lipinski definition) is 2. The van der Waals surface area contributed by atoms with Gasteiger partial charge in [-0.2, -0.15) is 0 Å². The molecular formula is C45H52N2. The van der Waals surface area contributed by atoms with Gasteiger partial charge in [0, 0.05) is 18.6 Å². The van der Waals surface area contributed by atoms with Crippen LogP contribution in [-0.2, 0) is 0 Å². The summed E-state index contributed by atoms with van der Waals surface area (Å²) in [6, 6.07) is 19.4. The normalized spacial score (nSPS) is 30.3. The highest BCUT2D eigenvalue weighted by atomic mass is 15.0. The molecule has 0 spiro atoms. The number of hydrogen-bond donors (Lipinski definition) is 2. The molecule has 0 saturated carbocycles. The van der Waals surface area contributed by atoms with E-state index in [-0.39, 0.29) is 0 Å². The van der Waals surface area contributed by atoms with Gasteiger partial charge in [-0.1, -0.05) is 97.1 Å². The number of nitrogens with one attached hydrogen (secondary N) is 2. The van der Waals surface area contributed by atoms with Crippen molar-refractivity contribution in [1.82, 2.24) is 10.6 Å². The molecule has 6 unspecified atom stereocenters. The van der Waals surface area contributed by atoms with Crippen molar-refractivity contribution in [3.63, 3.8) is 0 Å². The fraction of sp³-hybridized carbons (Fsp3) is 0.422. The lowest BCUT2D eigenvalue weighted by Gasteiger charge is -2.34. The fourth-order valence-corrected chi connectivity index (χ4v) is 9.17. The fourth-order valence-electron chi connectivity index (χ4n) is 9.17. The van der Waals surface area contributed by atoms with Gasteiger partial charge in [-0.25, -0.2) is 0 Å². The highest BCUT2D eigenvalue weighted by Crippen LogP contribution is 2.38. The highest BCUT2D eigenvalue weighted by molar-refractivity contribution is 5.75. The summed E-state index contributed by atoms with van der Waals surface area (Å²) < 4.78 is 0. The summed E-state index contributed by atoms with van der Waals surface area (Å²) in [7, 11) is 0. The molecule has 0 aromatic heterocycles. The van der Waals surface area contributed by atoms with Gasteiger partial charge in [0.05, 0.1) is 0 Å². The van der Waals surface area contributed by atoms with E-state index in [1.54, 1.807) is 11.1 Å². The van der Waals surface area contributed by atoms with Crippen LogP contribution < -0.4 is 21.1 Å². The Balaban J connectivity index is 1.11. The third-order valence-corrected chi connectivity index (χ3v) is 12.1. The van der Waals surface area contributed by atoms with E-state index < -0.39 is 0 Å². The Morgan fingerprint density at radius 3 is 2.64 bits per heavy atom. The Hall–Kier alpha value is -3.46. The zero-order valence-corrected chi connectivity index (χ0v) is 28.3. The maximum absolute atomic E-state index is 4.01. The van der Waals surface area contributed by atoms with Crippen molar-refractivity contribution in [2.45, 2.75) is 83.2 Å². The van der Waals surface area contributed by atoms with Crippen molar-refractivity contribution in [3.05, 3.63) is 141 Å². The molecule has 2 heteroatoms. The molecular weight excluding hydrogens is 569 g/mol. The number of allylic oxidation sites excluding steroid dienone is 10. The van der Waals surface area contributed by atoms with Crippen molar-refractivity contribution < 1.29 is 0 Å². The molecule has 1 saturated heterocycles. The van der Waals surface area contributed by atoms with Crippen molar-refractivity contribution >= 4 is 11.1 Å². The molecule has 2 aromatic rings. The van der Waals surface area contributed by atoms with Crippen molar-refractivity contribution in [1.29, 1.82) is 0 Å². The molecule has 6 atom stereocenters. The Kier molecular flexibility index (Phi) is 9.16. The van der Waals surface area contributed by atoms with Gasteiger partial charge >= 0.3 is 0 Å². The number of fused-ring (bicyclic) bond motifs is 3. The summed E-state index contributed by atoms with van der Waals surface area (Å²) in [5, 5.41) is 10.4. The first kappa shape index (κ1) is 30.8. The molecule has 6 aliphatic rings. The summed E-state index contributed by atoms with van der Waals surface area (Å²) >= 11 is 0. The average Bonchev–Trinajstić information content (AvgIpc) is 3.10. The van der Waals surface area contributed by atoms with Crippen molar-refractivity contribution in [2.75, 3.05) is 13.1 Å². The van der Waals surface area contributed by atoms with Gasteiger partial charge < -0.3 is 10.6 Å². The molecule has 0 amide bonds. The van der Waals surface area contributed by atoms with E-state index in [0.717, 1.165) is 37.8 Å². The molecule has 2 nitrogen and oxygen atoms in total. The van der Waals surface area contributed by atoms with Crippen LogP contribution >= 0.6 is 0 Å². The average molecular weight is 621 g/mol. The Morgan fingerprint density at radius 1 is 0.851 bits per heavy atom. The van der Waals surface area contributed by atoms with Gasteiger partial charge in [0.2, 0.25) is 0 Å². The van der Waals surface area contributed by atoms with E-state index in [4.69, 9.17) is 0 Å². The summed E-state index contributed by atoms with van der Waals surface area (Å²) in [6.07, 6.45) is 34.6. The summed E-state index contributed by atoms with van der Waals surface area (Å²) in [6.45, 7) is 4.44.